The molecule has 0 aromatic carbocycles. The molecule has 0 aliphatic heterocycles. The summed E-state index contributed by atoms with van der Waals surface area (Å²) in [5.74, 6) is 0. The number of ether oxygens (including phenoxy) is 4. The first-order valence-electron chi connectivity index (χ1n) is 20.6. The van der Waals surface area contributed by atoms with Crippen molar-refractivity contribution >= 4 is 25.2 Å². The third-order valence-corrected chi connectivity index (χ3v) is 22.5. The van der Waals surface area contributed by atoms with Crippen LogP contribution in [0.3, 0.4) is 0 Å². The van der Waals surface area contributed by atoms with E-state index in [1.165, 1.54) is 64.2 Å². The molecule has 51 heavy (non-hydrogen) atoms. The summed E-state index contributed by atoms with van der Waals surface area (Å²) in [7, 11) is 2.93. The largest absolute Gasteiger partial charge is 0.437 e. The number of quaternary nitrogens is 2. The van der Waals surface area contributed by atoms with Gasteiger partial charge in [0, 0.05) is 13.2 Å². The van der Waals surface area contributed by atoms with Crippen molar-refractivity contribution in [3.63, 3.8) is 0 Å². The average molecular weight is 781 g/mol. The molecule has 0 aromatic rings. The Labute approximate surface area is 317 Å². The molecular weight excluding hydrogens is 697 g/mol. The van der Waals surface area contributed by atoms with Crippen molar-refractivity contribution in [3.05, 3.63) is 0 Å². The van der Waals surface area contributed by atoms with Gasteiger partial charge >= 0.3 is 8.56 Å². The maximum atomic E-state index is 10.6. The van der Waals surface area contributed by atoms with Gasteiger partial charge < -0.3 is 46.4 Å². The molecule has 0 bridgehead atoms. The summed E-state index contributed by atoms with van der Waals surface area (Å²) in [5.41, 5.74) is 0. The van der Waals surface area contributed by atoms with Crippen molar-refractivity contribution in [2.75, 3.05) is 94.1 Å². The molecule has 13 heteroatoms. The fourth-order valence-electron chi connectivity index (χ4n) is 8.58. The van der Waals surface area contributed by atoms with Crippen LogP contribution >= 0.6 is 0 Å². The highest BCUT2D eigenvalue weighted by Crippen LogP contribution is 2.28. The molecule has 2 aliphatic rings. The second-order valence-electron chi connectivity index (χ2n) is 18.5. The number of nitrogens with zero attached hydrogens (tertiary/aromatic N) is 2. The Hall–Kier alpha value is 0.251. The fourth-order valence-corrected chi connectivity index (χ4v) is 22.6. The van der Waals surface area contributed by atoms with E-state index < -0.39 is 37.4 Å². The van der Waals surface area contributed by atoms with E-state index in [1.807, 2.05) is 0 Å². The fraction of sp³-hybridized carbons (Fsp3) is 1.00. The first-order chi connectivity index (χ1) is 23.8. The molecule has 0 aromatic heterocycles. The van der Waals surface area contributed by atoms with Crippen LogP contribution in [-0.2, 0) is 27.2 Å². The summed E-state index contributed by atoms with van der Waals surface area (Å²) in [5, 5.41) is 21.1. The molecular formula is C38H84N2O8Si3+2. The van der Waals surface area contributed by atoms with Crippen molar-refractivity contribution in [1.29, 1.82) is 0 Å². The van der Waals surface area contributed by atoms with Gasteiger partial charge in [-0.3, -0.25) is 0 Å². The third-order valence-electron chi connectivity index (χ3n) is 11.0. The lowest BCUT2D eigenvalue weighted by Gasteiger charge is -2.41. The average Bonchev–Trinajstić information content (AvgIpc) is 3.02. The zero-order chi connectivity index (χ0) is 38.0. The second-order valence-corrected chi connectivity index (χ2v) is 31.0. The van der Waals surface area contributed by atoms with Crippen molar-refractivity contribution < 1.29 is 46.4 Å². The summed E-state index contributed by atoms with van der Waals surface area (Å²) >= 11 is 0. The molecule has 0 spiro atoms. The van der Waals surface area contributed by atoms with Gasteiger partial charge in [-0.05, 0) is 116 Å². The lowest BCUT2D eigenvalue weighted by atomic mass is 9.93. The van der Waals surface area contributed by atoms with Crippen LogP contribution in [0.25, 0.3) is 0 Å². The van der Waals surface area contributed by atoms with Gasteiger partial charge in [0.15, 0.2) is 16.6 Å². The second kappa shape index (κ2) is 23.3. The van der Waals surface area contributed by atoms with E-state index in [2.05, 4.69) is 67.5 Å². The summed E-state index contributed by atoms with van der Waals surface area (Å²) in [6.07, 6.45) is 14.1. The topological polar surface area (TPSA) is 95.8 Å². The quantitative estimate of drug-likeness (QED) is 0.0527. The van der Waals surface area contributed by atoms with Crippen LogP contribution in [0.15, 0.2) is 0 Å². The van der Waals surface area contributed by atoms with Crippen LogP contribution in [0, 0.1) is 0 Å². The predicted octanol–water partition coefficient (Wildman–Crippen LogP) is 6.52. The van der Waals surface area contributed by atoms with Crippen LogP contribution in [0.5, 0.6) is 0 Å². The molecule has 2 saturated carbocycles. The lowest BCUT2D eigenvalue weighted by molar-refractivity contribution is -0.919. The van der Waals surface area contributed by atoms with Gasteiger partial charge in [0.25, 0.3) is 0 Å². The van der Waals surface area contributed by atoms with E-state index in [9.17, 15) is 10.2 Å². The Bertz CT molecular complexity index is 846. The maximum Gasteiger partial charge on any atom is 0.311 e. The molecule has 2 unspecified atom stereocenters. The number of likely N-dealkylation sites (N-methyl/N-ethyl adjacent to an activating group) is 2. The van der Waals surface area contributed by atoms with Crippen LogP contribution in [-0.4, -0.2) is 163 Å². The van der Waals surface area contributed by atoms with Gasteiger partial charge in [0.1, 0.15) is 25.3 Å². The van der Waals surface area contributed by atoms with Gasteiger partial charge in [0.05, 0.1) is 79.9 Å². The van der Waals surface area contributed by atoms with Gasteiger partial charge in [-0.25, -0.2) is 0 Å². The zero-order valence-electron chi connectivity index (χ0n) is 35.0. The highest BCUT2D eigenvalue weighted by molar-refractivity contribution is 6.87. The van der Waals surface area contributed by atoms with Crippen LogP contribution in [0.4, 0.5) is 0 Å². The summed E-state index contributed by atoms with van der Waals surface area (Å²) in [4.78, 5) is 0. The SMILES string of the molecule is C[N+](C)(CC(O)COCCOCCC[Si](C)(C)O[Si](C)(C)O[Si](C)(C)CCCOCCOCC(O)C[N+](C)(C)C1CCCCC1)C1CCCCC1. The summed E-state index contributed by atoms with van der Waals surface area (Å²) in [6, 6.07) is 3.38. The van der Waals surface area contributed by atoms with Gasteiger partial charge in [-0.1, -0.05) is 12.8 Å². The Morgan fingerprint density at radius 3 is 1.20 bits per heavy atom. The number of aliphatic hydroxyl groups excluding tert-OH is 2. The minimum atomic E-state index is -2.27. The first kappa shape index (κ1) is 47.4. The monoisotopic (exact) mass is 781 g/mol. The Kier molecular flexibility index (Phi) is 21.7. The van der Waals surface area contributed by atoms with E-state index in [1.54, 1.807) is 0 Å². The molecule has 2 N–H and O–H groups in total. The molecule has 2 fully saturated rings. The number of hydrogen-bond acceptors (Lipinski definition) is 8. The van der Waals surface area contributed by atoms with E-state index in [4.69, 9.17) is 27.2 Å². The maximum absolute atomic E-state index is 10.6. The third kappa shape index (κ3) is 21.2. The van der Waals surface area contributed by atoms with E-state index in [-0.39, 0.29) is 0 Å². The van der Waals surface area contributed by atoms with Crippen LogP contribution in [0.1, 0.15) is 77.0 Å². The molecule has 304 valence electrons. The minimum Gasteiger partial charge on any atom is -0.437 e. The van der Waals surface area contributed by atoms with Crippen LogP contribution in [0.2, 0.25) is 51.4 Å². The van der Waals surface area contributed by atoms with Crippen molar-refractivity contribution in [2.24, 2.45) is 0 Å². The molecule has 2 rings (SSSR count). The summed E-state index contributed by atoms with van der Waals surface area (Å²) < 4.78 is 38.6. The van der Waals surface area contributed by atoms with E-state index >= 15 is 0 Å². The first-order valence-corrected chi connectivity index (χ1v) is 29.6. The number of hydrogen-bond donors (Lipinski definition) is 2. The summed E-state index contributed by atoms with van der Waals surface area (Å²) in [6.45, 7) is 19.3. The smallest absolute Gasteiger partial charge is 0.311 e. The van der Waals surface area contributed by atoms with E-state index in [0.717, 1.165) is 47.0 Å². The Morgan fingerprint density at radius 2 is 0.843 bits per heavy atom. The van der Waals surface area contributed by atoms with Gasteiger partial charge in [0.2, 0.25) is 0 Å². The van der Waals surface area contributed by atoms with E-state index in [0.29, 0.717) is 64.9 Å². The lowest BCUT2D eigenvalue weighted by Crippen LogP contribution is -2.54. The molecule has 0 heterocycles. The van der Waals surface area contributed by atoms with Crippen molar-refractivity contribution in [1.82, 2.24) is 0 Å². The predicted molar refractivity (Wildman–Crippen MR) is 216 cm³/mol. The highest BCUT2D eigenvalue weighted by atomic mass is 28.5. The van der Waals surface area contributed by atoms with Gasteiger partial charge in [-0.15, -0.1) is 0 Å². The normalized spacial score (nSPS) is 19.1. The highest BCUT2D eigenvalue weighted by Gasteiger charge is 2.39. The minimum absolute atomic E-state index is 0.372. The zero-order valence-corrected chi connectivity index (χ0v) is 38.0. The van der Waals surface area contributed by atoms with Crippen LogP contribution < -0.4 is 0 Å². The standard InChI is InChI=1S/C38H84N2O8Si3/c1-39(2,35-19-13-11-14-20-35)31-37(41)33-45-27-25-43-23-17-29-49(5,6)47-51(9,10)48-50(7,8)30-18-24-44-26-28-46-34-38(42)32-40(3,4)36-21-15-12-16-22-36/h35-38,41-42H,11-34H2,1-10H3/q+2. The number of aliphatic hydroxyl groups is 2. The Balaban J connectivity index is 1.50. The number of rotatable bonds is 28. The molecule has 0 saturated heterocycles. The van der Waals surface area contributed by atoms with Crippen molar-refractivity contribution in [2.45, 2.75) is 153 Å². The Morgan fingerprint density at radius 1 is 0.510 bits per heavy atom. The molecule has 0 radical (unpaired) electrons. The molecule has 10 nitrogen and oxygen atoms in total. The van der Waals surface area contributed by atoms with Gasteiger partial charge in [-0.2, -0.15) is 0 Å². The molecule has 2 atom stereocenters. The molecule has 2 aliphatic carbocycles. The van der Waals surface area contributed by atoms with Crippen molar-refractivity contribution in [3.8, 4) is 0 Å². The molecule has 0 amide bonds.